The minimum absolute atomic E-state index is 0.147. The average molecular weight is 184 g/mol. The van der Waals surface area contributed by atoms with E-state index in [1.165, 1.54) is 13.3 Å². The SMILES string of the molecule is CNCCc1ncc(C(=O)OC)o1. The fourth-order valence-electron chi connectivity index (χ4n) is 0.853. The summed E-state index contributed by atoms with van der Waals surface area (Å²) in [6, 6.07) is 0. The molecule has 1 aromatic rings. The number of aromatic nitrogens is 1. The predicted molar refractivity (Wildman–Crippen MR) is 45.5 cm³/mol. The van der Waals surface area contributed by atoms with E-state index in [0.29, 0.717) is 12.3 Å². The van der Waals surface area contributed by atoms with Crippen LogP contribution in [0.5, 0.6) is 0 Å². The van der Waals surface area contributed by atoms with Crippen molar-refractivity contribution in [1.82, 2.24) is 10.3 Å². The van der Waals surface area contributed by atoms with E-state index in [0.717, 1.165) is 6.54 Å². The van der Waals surface area contributed by atoms with Gasteiger partial charge in [0.1, 0.15) is 0 Å². The maximum atomic E-state index is 10.9. The molecule has 1 rings (SSSR count). The summed E-state index contributed by atoms with van der Waals surface area (Å²) in [5, 5.41) is 2.95. The summed E-state index contributed by atoms with van der Waals surface area (Å²) < 4.78 is 9.58. The van der Waals surface area contributed by atoms with Crippen LogP contribution in [0, 0.1) is 0 Å². The Morgan fingerprint density at radius 3 is 3.15 bits per heavy atom. The zero-order valence-corrected chi connectivity index (χ0v) is 7.66. The van der Waals surface area contributed by atoms with Crippen molar-refractivity contribution in [3.05, 3.63) is 17.8 Å². The van der Waals surface area contributed by atoms with E-state index in [9.17, 15) is 4.79 Å². The first kappa shape index (κ1) is 9.73. The van der Waals surface area contributed by atoms with E-state index in [2.05, 4.69) is 15.0 Å². The van der Waals surface area contributed by atoms with E-state index in [4.69, 9.17) is 4.42 Å². The van der Waals surface area contributed by atoms with E-state index in [1.807, 2.05) is 7.05 Å². The first-order valence-electron chi connectivity index (χ1n) is 3.95. The molecule has 0 saturated carbocycles. The van der Waals surface area contributed by atoms with E-state index in [1.54, 1.807) is 0 Å². The van der Waals surface area contributed by atoms with Crippen LogP contribution in [-0.4, -0.2) is 31.7 Å². The molecule has 0 saturated heterocycles. The topological polar surface area (TPSA) is 64.4 Å². The molecule has 0 aliphatic heterocycles. The lowest BCUT2D eigenvalue weighted by Gasteiger charge is -1.93. The van der Waals surface area contributed by atoms with Crippen LogP contribution in [-0.2, 0) is 11.2 Å². The van der Waals surface area contributed by atoms with Crippen LogP contribution in [0.1, 0.15) is 16.4 Å². The molecule has 0 radical (unpaired) electrons. The van der Waals surface area contributed by atoms with E-state index in [-0.39, 0.29) is 5.76 Å². The highest BCUT2D eigenvalue weighted by Gasteiger charge is 2.11. The fraction of sp³-hybridized carbons (Fsp3) is 0.500. The van der Waals surface area contributed by atoms with Crippen molar-refractivity contribution >= 4 is 5.97 Å². The molecule has 0 aromatic carbocycles. The highest BCUT2D eigenvalue weighted by molar-refractivity contribution is 5.85. The van der Waals surface area contributed by atoms with Crippen molar-refractivity contribution in [2.75, 3.05) is 20.7 Å². The third-order valence-corrected chi connectivity index (χ3v) is 1.53. The maximum absolute atomic E-state index is 10.9. The van der Waals surface area contributed by atoms with Crippen LogP contribution < -0.4 is 5.32 Å². The molecule has 0 unspecified atom stereocenters. The molecule has 5 nitrogen and oxygen atoms in total. The molecule has 0 spiro atoms. The molecule has 0 bridgehead atoms. The molecule has 1 aromatic heterocycles. The van der Waals surface area contributed by atoms with Crippen molar-refractivity contribution in [2.45, 2.75) is 6.42 Å². The lowest BCUT2D eigenvalue weighted by atomic mass is 10.4. The number of methoxy groups -OCH3 is 1. The summed E-state index contributed by atoms with van der Waals surface area (Å²) in [7, 11) is 3.14. The van der Waals surface area contributed by atoms with Gasteiger partial charge in [-0.15, -0.1) is 0 Å². The van der Waals surface area contributed by atoms with Crippen molar-refractivity contribution < 1.29 is 13.9 Å². The van der Waals surface area contributed by atoms with Gasteiger partial charge in [-0.1, -0.05) is 0 Å². The van der Waals surface area contributed by atoms with Gasteiger partial charge >= 0.3 is 5.97 Å². The van der Waals surface area contributed by atoms with E-state index >= 15 is 0 Å². The summed E-state index contributed by atoms with van der Waals surface area (Å²) in [5.74, 6) is 0.187. The number of oxazole rings is 1. The first-order chi connectivity index (χ1) is 6.27. The first-order valence-corrected chi connectivity index (χ1v) is 3.95. The summed E-state index contributed by atoms with van der Waals surface area (Å²) in [6.45, 7) is 0.765. The molecule has 13 heavy (non-hydrogen) atoms. The second kappa shape index (κ2) is 4.61. The predicted octanol–water partition coefficient (Wildman–Crippen LogP) is 0.223. The standard InChI is InChI=1S/C8H12N2O3/c1-9-4-3-7-10-5-6(13-7)8(11)12-2/h5,9H,3-4H2,1-2H3. The van der Waals surface area contributed by atoms with Gasteiger partial charge in [0.2, 0.25) is 5.76 Å². The Balaban J connectivity index is 2.58. The average Bonchev–Trinajstić information content (AvgIpc) is 2.62. The third-order valence-electron chi connectivity index (χ3n) is 1.53. The van der Waals surface area contributed by atoms with Gasteiger partial charge in [-0.05, 0) is 7.05 Å². The number of carbonyl (C=O) groups is 1. The number of likely N-dealkylation sites (N-methyl/N-ethyl adjacent to an activating group) is 1. The molecule has 0 aliphatic rings. The molecule has 0 fully saturated rings. The van der Waals surface area contributed by atoms with Gasteiger partial charge in [-0.3, -0.25) is 0 Å². The number of rotatable bonds is 4. The zero-order chi connectivity index (χ0) is 9.68. The van der Waals surface area contributed by atoms with Gasteiger partial charge < -0.3 is 14.5 Å². The molecule has 0 atom stereocenters. The van der Waals surface area contributed by atoms with Crippen molar-refractivity contribution in [3.8, 4) is 0 Å². The van der Waals surface area contributed by atoms with Crippen LogP contribution in [0.4, 0.5) is 0 Å². The molecule has 0 aliphatic carbocycles. The smallest absolute Gasteiger partial charge is 0.375 e. The Morgan fingerprint density at radius 1 is 1.77 bits per heavy atom. The number of ether oxygens (including phenoxy) is 1. The molecule has 1 heterocycles. The summed E-state index contributed by atoms with van der Waals surface area (Å²) in [6.07, 6.45) is 2.03. The Labute approximate surface area is 76.1 Å². The second-order valence-corrected chi connectivity index (χ2v) is 2.46. The molecule has 5 heteroatoms. The Morgan fingerprint density at radius 2 is 2.54 bits per heavy atom. The zero-order valence-electron chi connectivity index (χ0n) is 7.66. The quantitative estimate of drug-likeness (QED) is 0.678. The Bertz CT molecular complexity index is 283. The second-order valence-electron chi connectivity index (χ2n) is 2.46. The van der Waals surface area contributed by atoms with Crippen molar-refractivity contribution in [2.24, 2.45) is 0 Å². The van der Waals surface area contributed by atoms with Gasteiger partial charge in [-0.25, -0.2) is 9.78 Å². The minimum Gasteiger partial charge on any atom is -0.463 e. The number of hydrogen-bond donors (Lipinski definition) is 1. The Kier molecular flexibility index (Phi) is 3.45. The Hall–Kier alpha value is -1.36. The lowest BCUT2D eigenvalue weighted by Crippen LogP contribution is -2.10. The molecule has 0 amide bonds. The highest BCUT2D eigenvalue weighted by Crippen LogP contribution is 2.04. The largest absolute Gasteiger partial charge is 0.463 e. The number of carbonyl (C=O) groups excluding carboxylic acids is 1. The highest BCUT2D eigenvalue weighted by atomic mass is 16.5. The summed E-state index contributed by atoms with van der Waals surface area (Å²) >= 11 is 0. The fourth-order valence-corrected chi connectivity index (χ4v) is 0.853. The normalized spacial score (nSPS) is 10.0. The molecule has 72 valence electrons. The van der Waals surface area contributed by atoms with Gasteiger partial charge in [0.25, 0.3) is 0 Å². The third kappa shape index (κ3) is 2.55. The van der Waals surface area contributed by atoms with Crippen molar-refractivity contribution in [3.63, 3.8) is 0 Å². The molecular weight excluding hydrogens is 172 g/mol. The van der Waals surface area contributed by atoms with Gasteiger partial charge in [0, 0.05) is 13.0 Å². The number of nitrogens with one attached hydrogen (secondary N) is 1. The number of esters is 1. The van der Waals surface area contributed by atoms with Gasteiger partial charge in [0.05, 0.1) is 13.3 Å². The van der Waals surface area contributed by atoms with Crippen LogP contribution in [0.15, 0.2) is 10.6 Å². The lowest BCUT2D eigenvalue weighted by molar-refractivity contribution is 0.0563. The molecular formula is C8H12N2O3. The summed E-state index contributed by atoms with van der Waals surface area (Å²) in [4.78, 5) is 14.8. The molecule has 1 N–H and O–H groups in total. The summed E-state index contributed by atoms with van der Waals surface area (Å²) in [5.41, 5.74) is 0. The number of nitrogens with zero attached hydrogens (tertiary/aromatic N) is 1. The van der Waals surface area contributed by atoms with Crippen LogP contribution in [0.25, 0.3) is 0 Å². The minimum atomic E-state index is -0.497. The van der Waals surface area contributed by atoms with Crippen LogP contribution in [0.3, 0.4) is 0 Å². The van der Waals surface area contributed by atoms with Gasteiger partial charge in [-0.2, -0.15) is 0 Å². The van der Waals surface area contributed by atoms with Crippen LogP contribution in [0.2, 0.25) is 0 Å². The van der Waals surface area contributed by atoms with Gasteiger partial charge in [0.15, 0.2) is 5.89 Å². The monoisotopic (exact) mass is 184 g/mol. The number of hydrogen-bond acceptors (Lipinski definition) is 5. The van der Waals surface area contributed by atoms with Crippen molar-refractivity contribution in [1.29, 1.82) is 0 Å². The van der Waals surface area contributed by atoms with E-state index < -0.39 is 5.97 Å². The van der Waals surface area contributed by atoms with Crippen LogP contribution >= 0.6 is 0 Å². The maximum Gasteiger partial charge on any atom is 0.375 e.